The number of nitrogens with zero attached hydrogens (tertiary/aromatic N) is 1. The summed E-state index contributed by atoms with van der Waals surface area (Å²) < 4.78 is 4.93. The molecule has 0 saturated carbocycles. The lowest BCUT2D eigenvalue weighted by Gasteiger charge is -2.32. The number of hydrogen-bond donors (Lipinski definition) is 0. The summed E-state index contributed by atoms with van der Waals surface area (Å²) in [7, 11) is 0. The van der Waals surface area contributed by atoms with Crippen LogP contribution < -0.4 is 0 Å². The first-order valence-electron chi connectivity index (χ1n) is 8.71. The van der Waals surface area contributed by atoms with Crippen molar-refractivity contribution in [1.29, 1.82) is 5.26 Å². The molecule has 3 nitrogen and oxygen atoms in total. The van der Waals surface area contributed by atoms with Crippen molar-refractivity contribution in [2.45, 2.75) is 53.9 Å². The van der Waals surface area contributed by atoms with E-state index in [1.165, 1.54) is 43.4 Å². The maximum absolute atomic E-state index is 10.9. The minimum absolute atomic E-state index is 0.113. The van der Waals surface area contributed by atoms with Crippen LogP contribution in [0.1, 0.15) is 53.9 Å². The van der Waals surface area contributed by atoms with Gasteiger partial charge in [0.2, 0.25) is 0 Å². The Kier molecular flexibility index (Phi) is 8.15. The molecular formula is C22H29NO2. The Labute approximate surface area is 152 Å². The van der Waals surface area contributed by atoms with Gasteiger partial charge in [-0.1, -0.05) is 55.4 Å². The molecule has 0 unspecified atom stereocenters. The smallest absolute Gasteiger partial charge is 0.302 e. The van der Waals surface area contributed by atoms with Crippen molar-refractivity contribution < 1.29 is 9.53 Å². The van der Waals surface area contributed by atoms with Crippen molar-refractivity contribution >= 4 is 5.97 Å². The van der Waals surface area contributed by atoms with E-state index in [0.29, 0.717) is 5.57 Å². The van der Waals surface area contributed by atoms with Crippen LogP contribution in [0.2, 0.25) is 0 Å². The molecule has 0 aromatic rings. The highest BCUT2D eigenvalue weighted by atomic mass is 16.5. The van der Waals surface area contributed by atoms with E-state index < -0.39 is 0 Å². The van der Waals surface area contributed by atoms with Crippen molar-refractivity contribution in [3.8, 4) is 6.07 Å². The minimum Gasteiger partial charge on any atom is -0.461 e. The number of carbonyl (C=O) groups is 1. The lowest BCUT2D eigenvalue weighted by Crippen LogP contribution is -2.19. The molecule has 3 heteroatoms. The summed E-state index contributed by atoms with van der Waals surface area (Å²) in [6, 6.07) is 1.97. The van der Waals surface area contributed by atoms with Gasteiger partial charge in [0.15, 0.2) is 0 Å². The van der Waals surface area contributed by atoms with Crippen LogP contribution in [-0.4, -0.2) is 12.6 Å². The summed E-state index contributed by atoms with van der Waals surface area (Å²) in [6.07, 6.45) is 15.1. The van der Waals surface area contributed by atoms with Gasteiger partial charge >= 0.3 is 5.97 Å². The Bertz CT molecular complexity index is 679. The van der Waals surface area contributed by atoms with Crippen LogP contribution in [0.5, 0.6) is 0 Å². The molecule has 134 valence electrons. The fourth-order valence-electron chi connectivity index (χ4n) is 3.01. The number of hydrogen-bond acceptors (Lipinski definition) is 3. The zero-order valence-electron chi connectivity index (χ0n) is 16.1. The van der Waals surface area contributed by atoms with Crippen LogP contribution >= 0.6 is 0 Å². The van der Waals surface area contributed by atoms with Crippen LogP contribution in [0, 0.1) is 16.7 Å². The SMILES string of the molecule is CC(=O)OCC(=C\C#N)/C=C/C=C(C)/C=C/C1=C(C)CCCC1(C)C. The van der Waals surface area contributed by atoms with Crippen LogP contribution in [0.4, 0.5) is 0 Å². The van der Waals surface area contributed by atoms with Gasteiger partial charge in [0, 0.05) is 13.0 Å². The first-order valence-corrected chi connectivity index (χ1v) is 8.71. The topological polar surface area (TPSA) is 50.1 Å². The maximum Gasteiger partial charge on any atom is 0.302 e. The summed E-state index contributed by atoms with van der Waals surface area (Å²) in [5.41, 5.74) is 4.95. The molecule has 0 aromatic heterocycles. The quantitative estimate of drug-likeness (QED) is 0.360. The van der Waals surface area contributed by atoms with E-state index in [1.807, 2.05) is 25.1 Å². The molecule has 1 rings (SSSR count). The van der Waals surface area contributed by atoms with E-state index in [-0.39, 0.29) is 18.0 Å². The summed E-state index contributed by atoms with van der Waals surface area (Å²) in [5, 5.41) is 8.78. The van der Waals surface area contributed by atoms with E-state index in [1.54, 1.807) is 6.08 Å². The van der Waals surface area contributed by atoms with Crippen LogP contribution in [0.15, 0.2) is 58.7 Å². The van der Waals surface area contributed by atoms with Crippen LogP contribution in [0.25, 0.3) is 0 Å². The van der Waals surface area contributed by atoms with Gasteiger partial charge < -0.3 is 4.74 Å². The summed E-state index contributed by atoms with van der Waals surface area (Å²) in [5.74, 6) is -0.356. The predicted molar refractivity (Wildman–Crippen MR) is 103 cm³/mol. The molecule has 1 aliphatic rings. The number of esters is 1. The highest BCUT2D eigenvalue weighted by molar-refractivity contribution is 5.66. The molecular weight excluding hydrogens is 310 g/mol. The maximum atomic E-state index is 10.9. The third kappa shape index (κ3) is 7.39. The van der Waals surface area contributed by atoms with Gasteiger partial charge in [-0.25, -0.2) is 0 Å². The summed E-state index contributed by atoms with van der Waals surface area (Å²) in [6.45, 7) is 10.4. The zero-order valence-corrected chi connectivity index (χ0v) is 16.1. The van der Waals surface area contributed by atoms with Crippen molar-refractivity contribution in [3.05, 3.63) is 58.7 Å². The van der Waals surface area contributed by atoms with E-state index >= 15 is 0 Å². The van der Waals surface area contributed by atoms with Crippen LogP contribution in [-0.2, 0) is 9.53 Å². The van der Waals surface area contributed by atoms with Crippen molar-refractivity contribution in [3.63, 3.8) is 0 Å². The molecule has 0 bridgehead atoms. The fraction of sp³-hybridized carbons (Fsp3) is 0.455. The molecule has 0 radical (unpaired) electrons. The highest BCUT2D eigenvalue weighted by Gasteiger charge is 2.26. The van der Waals surface area contributed by atoms with E-state index in [0.717, 1.165) is 5.57 Å². The summed E-state index contributed by atoms with van der Waals surface area (Å²) in [4.78, 5) is 10.9. The number of allylic oxidation sites excluding steroid dienone is 8. The fourth-order valence-corrected chi connectivity index (χ4v) is 3.01. The largest absolute Gasteiger partial charge is 0.461 e. The second-order valence-electron chi connectivity index (χ2n) is 7.16. The zero-order chi connectivity index (χ0) is 18.9. The molecule has 25 heavy (non-hydrogen) atoms. The van der Waals surface area contributed by atoms with E-state index in [4.69, 9.17) is 10.00 Å². The lowest BCUT2D eigenvalue weighted by molar-refractivity contribution is -0.139. The van der Waals surface area contributed by atoms with Gasteiger partial charge in [-0.2, -0.15) is 5.26 Å². The second kappa shape index (κ2) is 9.84. The third-order valence-corrected chi connectivity index (χ3v) is 4.42. The Hall–Kier alpha value is -2.34. The van der Waals surface area contributed by atoms with E-state index in [9.17, 15) is 4.79 Å². The third-order valence-electron chi connectivity index (χ3n) is 4.42. The molecule has 0 fully saturated rings. The van der Waals surface area contributed by atoms with Gasteiger partial charge in [0.1, 0.15) is 6.61 Å². The lowest BCUT2D eigenvalue weighted by atomic mass is 9.72. The monoisotopic (exact) mass is 339 g/mol. The molecule has 0 N–H and O–H groups in total. The van der Waals surface area contributed by atoms with Crippen molar-refractivity contribution in [2.24, 2.45) is 5.41 Å². The number of ether oxygens (including phenoxy) is 1. The van der Waals surface area contributed by atoms with E-state index in [2.05, 4.69) is 32.9 Å². The first kappa shape index (κ1) is 20.7. The predicted octanol–water partition coefficient (Wildman–Crippen LogP) is 5.58. The Balaban J connectivity index is 2.79. The molecule has 1 aliphatic carbocycles. The molecule has 0 heterocycles. The number of rotatable bonds is 6. The second-order valence-corrected chi connectivity index (χ2v) is 7.16. The molecule has 0 aromatic carbocycles. The highest BCUT2D eigenvalue weighted by Crippen LogP contribution is 2.40. The number of carbonyl (C=O) groups excluding carboxylic acids is 1. The van der Waals surface area contributed by atoms with Gasteiger partial charge in [-0.15, -0.1) is 0 Å². The molecule has 0 amide bonds. The standard InChI is InChI=1S/C22H29NO2/c1-17(8-6-10-20(13-15-23)16-25-19(3)24)11-12-21-18(2)9-7-14-22(21,4)5/h6,8,10-13H,7,9,14,16H2,1-5H3/b10-6+,12-11+,17-8+,20-13-. The molecule has 0 spiro atoms. The van der Waals surface area contributed by atoms with Crippen molar-refractivity contribution in [2.75, 3.05) is 6.61 Å². The first-order chi connectivity index (χ1) is 11.8. The molecule has 0 atom stereocenters. The Morgan fingerprint density at radius 1 is 1.32 bits per heavy atom. The van der Waals surface area contributed by atoms with Gasteiger partial charge in [0.25, 0.3) is 0 Å². The average Bonchev–Trinajstić information content (AvgIpc) is 2.51. The molecule has 0 aliphatic heterocycles. The Morgan fingerprint density at radius 3 is 2.64 bits per heavy atom. The van der Waals surface area contributed by atoms with Gasteiger partial charge in [-0.3, -0.25) is 4.79 Å². The normalized spacial score (nSPS) is 18.7. The average molecular weight is 339 g/mol. The molecule has 0 saturated heterocycles. The summed E-state index contributed by atoms with van der Waals surface area (Å²) >= 11 is 0. The number of nitriles is 1. The van der Waals surface area contributed by atoms with Gasteiger partial charge in [-0.05, 0) is 49.7 Å². The Morgan fingerprint density at radius 2 is 2.04 bits per heavy atom. The minimum atomic E-state index is -0.356. The van der Waals surface area contributed by atoms with Gasteiger partial charge in [0.05, 0.1) is 6.07 Å². The van der Waals surface area contributed by atoms with Crippen molar-refractivity contribution in [1.82, 2.24) is 0 Å². The van der Waals surface area contributed by atoms with Crippen LogP contribution in [0.3, 0.4) is 0 Å².